The quantitative estimate of drug-likeness (QED) is 0.761. The van der Waals surface area contributed by atoms with Gasteiger partial charge in [-0.15, -0.1) is 0 Å². The van der Waals surface area contributed by atoms with E-state index in [0.717, 1.165) is 0 Å². The Morgan fingerprint density at radius 3 is 2.64 bits per heavy atom. The number of carbonyl (C=O) groups excluding carboxylic acids is 1. The second kappa shape index (κ2) is 5.82. The lowest BCUT2D eigenvalue weighted by molar-refractivity contribution is 0.0793. The third-order valence-corrected chi connectivity index (χ3v) is 6.56. The van der Waals surface area contributed by atoms with E-state index in [-0.39, 0.29) is 17.3 Å². The molecule has 2 aliphatic rings. The van der Waals surface area contributed by atoms with Gasteiger partial charge in [0.25, 0.3) is 5.91 Å². The Labute approximate surface area is 146 Å². The summed E-state index contributed by atoms with van der Waals surface area (Å²) in [6.07, 6.45) is 5.41. The first-order valence-electron chi connectivity index (χ1n) is 8.14. The van der Waals surface area contributed by atoms with E-state index in [1.54, 1.807) is 47.0 Å². The Kier molecular flexibility index (Phi) is 3.73. The Hall–Kier alpha value is -2.45. The molecule has 130 valence electrons. The second-order valence-corrected chi connectivity index (χ2v) is 7.90. The molecule has 7 nitrogen and oxygen atoms in total. The number of imidazole rings is 1. The first-order valence-corrected chi connectivity index (χ1v) is 9.58. The van der Waals surface area contributed by atoms with Crippen LogP contribution >= 0.6 is 0 Å². The molecule has 0 unspecified atom stereocenters. The summed E-state index contributed by atoms with van der Waals surface area (Å²) in [6.45, 7) is 3.34. The van der Waals surface area contributed by atoms with Gasteiger partial charge in [0.05, 0.1) is 17.9 Å². The minimum atomic E-state index is -3.62. The van der Waals surface area contributed by atoms with Crippen molar-refractivity contribution in [2.24, 2.45) is 0 Å². The molecule has 0 atom stereocenters. The average molecular weight is 358 g/mol. The van der Waals surface area contributed by atoms with Crippen LogP contribution in [0.1, 0.15) is 23.1 Å². The predicted octanol–water partition coefficient (Wildman–Crippen LogP) is 1.41. The number of aromatic nitrogens is 2. The SMILES string of the molecule is CCN1Cc2c(C(=O)N3CC=CC3)ncn2-c2ccccc2S1(=O)=O. The minimum absolute atomic E-state index is 0.121. The molecule has 0 saturated carbocycles. The van der Waals surface area contributed by atoms with Crippen molar-refractivity contribution >= 4 is 15.9 Å². The molecule has 3 heterocycles. The van der Waals surface area contributed by atoms with E-state index < -0.39 is 10.0 Å². The highest BCUT2D eigenvalue weighted by molar-refractivity contribution is 7.89. The second-order valence-electron chi connectivity index (χ2n) is 5.99. The molecule has 1 aromatic heterocycles. The number of carbonyl (C=O) groups is 1. The maximum Gasteiger partial charge on any atom is 0.274 e. The molecule has 2 aliphatic heterocycles. The third kappa shape index (κ3) is 2.40. The summed E-state index contributed by atoms with van der Waals surface area (Å²) in [5.41, 5.74) is 1.45. The van der Waals surface area contributed by atoms with Crippen LogP contribution in [0.15, 0.2) is 47.6 Å². The molecule has 0 fully saturated rings. The van der Waals surface area contributed by atoms with Gasteiger partial charge in [-0.3, -0.25) is 9.36 Å². The van der Waals surface area contributed by atoms with Crippen LogP contribution in [0, 0.1) is 0 Å². The summed E-state index contributed by atoms with van der Waals surface area (Å²) in [6, 6.07) is 6.82. The van der Waals surface area contributed by atoms with E-state index in [2.05, 4.69) is 4.98 Å². The van der Waals surface area contributed by atoms with Gasteiger partial charge in [0.2, 0.25) is 10.0 Å². The Morgan fingerprint density at radius 2 is 1.92 bits per heavy atom. The van der Waals surface area contributed by atoms with Crippen LogP contribution in [0.25, 0.3) is 5.69 Å². The van der Waals surface area contributed by atoms with Crippen LogP contribution in [0.4, 0.5) is 0 Å². The fourth-order valence-corrected chi connectivity index (χ4v) is 4.84. The number of rotatable bonds is 2. The van der Waals surface area contributed by atoms with Crippen LogP contribution in [0.2, 0.25) is 0 Å². The Balaban J connectivity index is 1.89. The molecule has 0 N–H and O–H groups in total. The largest absolute Gasteiger partial charge is 0.330 e. The maximum atomic E-state index is 12.9. The van der Waals surface area contributed by atoms with Gasteiger partial charge in [-0.25, -0.2) is 13.4 Å². The lowest BCUT2D eigenvalue weighted by atomic mass is 10.2. The van der Waals surface area contributed by atoms with Crippen molar-refractivity contribution in [3.8, 4) is 5.69 Å². The van der Waals surface area contributed by atoms with E-state index >= 15 is 0 Å². The molecule has 0 radical (unpaired) electrons. The number of nitrogens with zero attached hydrogens (tertiary/aromatic N) is 4. The summed E-state index contributed by atoms with van der Waals surface area (Å²) in [5.74, 6) is -0.174. The zero-order chi connectivity index (χ0) is 17.6. The van der Waals surface area contributed by atoms with Crippen LogP contribution in [-0.4, -0.2) is 52.7 Å². The monoisotopic (exact) mass is 358 g/mol. The van der Waals surface area contributed by atoms with Crippen molar-refractivity contribution in [1.29, 1.82) is 0 Å². The maximum absolute atomic E-state index is 12.9. The smallest absolute Gasteiger partial charge is 0.274 e. The van der Waals surface area contributed by atoms with E-state index in [4.69, 9.17) is 0 Å². The molecule has 4 rings (SSSR count). The summed E-state index contributed by atoms with van der Waals surface area (Å²) < 4.78 is 29.0. The van der Waals surface area contributed by atoms with Crippen molar-refractivity contribution in [2.45, 2.75) is 18.4 Å². The van der Waals surface area contributed by atoms with E-state index in [9.17, 15) is 13.2 Å². The first-order chi connectivity index (χ1) is 12.0. The van der Waals surface area contributed by atoms with Crippen LogP contribution in [0.5, 0.6) is 0 Å². The van der Waals surface area contributed by atoms with Crippen molar-refractivity contribution in [3.63, 3.8) is 0 Å². The molecule has 2 aromatic rings. The topological polar surface area (TPSA) is 75.5 Å². The van der Waals surface area contributed by atoms with Crippen molar-refractivity contribution in [3.05, 3.63) is 54.1 Å². The van der Waals surface area contributed by atoms with Crippen LogP contribution in [0.3, 0.4) is 0 Å². The number of amides is 1. The number of para-hydroxylation sites is 1. The molecule has 0 bridgehead atoms. The average Bonchev–Trinajstić information content (AvgIpc) is 3.27. The Bertz CT molecular complexity index is 970. The molecular weight excluding hydrogens is 340 g/mol. The summed E-state index contributed by atoms with van der Waals surface area (Å²) in [5, 5.41) is 0. The lowest BCUT2D eigenvalue weighted by Gasteiger charge is -2.19. The zero-order valence-electron chi connectivity index (χ0n) is 13.8. The molecule has 0 spiro atoms. The van der Waals surface area contributed by atoms with Gasteiger partial charge in [-0.1, -0.05) is 31.2 Å². The van der Waals surface area contributed by atoms with Crippen molar-refractivity contribution in [2.75, 3.05) is 19.6 Å². The van der Waals surface area contributed by atoms with Gasteiger partial charge in [0.15, 0.2) is 5.69 Å². The van der Waals surface area contributed by atoms with Gasteiger partial charge >= 0.3 is 0 Å². The highest BCUT2D eigenvalue weighted by Gasteiger charge is 2.34. The van der Waals surface area contributed by atoms with Gasteiger partial charge in [0, 0.05) is 19.6 Å². The standard InChI is InChI=1S/C17H18N4O3S/c1-2-20-11-14-16(17(22)19-9-5-6-10-19)18-12-21(14)13-7-3-4-8-15(13)25(20,23)24/h3-8,12H,2,9-11H2,1H3. The first kappa shape index (κ1) is 16.0. The molecule has 0 aliphatic carbocycles. The summed E-state index contributed by atoms with van der Waals surface area (Å²) in [7, 11) is -3.62. The summed E-state index contributed by atoms with van der Waals surface area (Å²) in [4.78, 5) is 19.0. The molecular formula is C17H18N4O3S. The van der Waals surface area contributed by atoms with Crippen molar-refractivity contribution in [1.82, 2.24) is 18.8 Å². The molecule has 25 heavy (non-hydrogen) atoms. The number of benzene rings is 1. The van der Waals surface area contributed by atoms with Gasteiger partial charge in [0.1, 0.15) is 11.2 Å². The normalized spacial score (nSPS) is 18.7. The molecule has 1 amide bonds. The molecule has 0 saturated heterocycles. The molecule has 8 heteroatoms. The predicted molar refractivity (Wildman–Crippen MR) is 91.9 cm³/mol. The van der Waals surface area contributed by atoms with E-state index in [0.29, 0.717) is 36.7 Å². The Morgan fingerprint density at radius 1 is 1.20 bits per heavy atom. The number of hydrogen-bond acceptors (Lipinski definition) is 4. The van der Waals surface area contributed by atoms with Crippen molar-refractivity contribution < 1.29 is 13.2 Å². The van der Waals surface area contributed by atoms with Gasteiger partial charge in [-0.2, -0.15) is 4.31 Å². The zero-order valence-corrected chi connectivity index (χ0v) is 14.6. The number of fused-ring (bicyclic) bond motifs is 3. The van der Waals surface area contributed by atoms with Gasteiger partial charge < -0.3 is 4.90 Å². The van der Waals surface area contributed by atoms with E-state index in [1.165, 1.54) is 4.31 Å². The minimum Gasteiger partial charge on any atom is -0.330 e. The molecule has 1 aromatic carbocycles. The van der Waals surface area contributed by atoms with Crippen LogP contribution in [-0.2, 0) is 16.6 Å². The van der Waals surface area contributed by atoms with E-state index in [1.807, 2.05) is 12.2 Å². The fourth-order valence-electron chi connectivity index (χ4n) is 3.25. The number of hydrogen-bond donors (Lipinski definition) is 0. The third-order valence-electron chi connectivity index (χ3n) is 4.60. The highest BCUT2D eigenvalue weighted by Crippen LogP contribution is 2.31. The fraction of sp³-hybridized carbons (Fsp3) is 0.294. The highest BCUT2D eigenvalue weighted by atomic mass is 32.2. The lowest BCUT2D eigenvalue weighted by Crippen LogP contribution is -2.32. The van der Waals surface area contributed by atoms with Crippen LogP contribution < -0.4 is 0 Å². The summed E-state index contributed by atoms with van der Waals surface area (Å²) >= 11 is 0. The number of sulfonamides is 1. The van der Waals surface area contributed by atoms with Gasteiger partial charge in [-0.05, 0) is 12.1 Å².